The van der Waals surface area contributed by atoms with E-state index in [9.17, 15) is 0 Å². The van der Waals surface area contributed by atoms with Crippen molar-refractivity contribution in [2.24, 2.45) is 17.1 Å². The number of nitrogens with zero attached hydrogens (tertiary/aromatic N) is 2. The van der Waals surface area contributed by atoms with Crippen LogP contribution in [0.1, 0.15) is 53.4 Å². The van der Waals surface area contributed by atoms with Crippen LogP contribution >= 0.6 is 0 Å². The zero-order chi connectivity index (χ0) is 15.4. The Morgan fingerprint density at radius 1 is 1.10 bits per heavy atom. The zero-order valence-corrected chi connectivity index (χ0v) is 14.7. The van der Waals surface area contributed by atoms with Gasteiger partial charge in [0.25, 0.3) is 0 Å². The Labute approximate surface area is 126 Å². The molecule has 2 N–H and O–H groups in total. The van der Waals surface area contributed by atoms with Gasteiger partial charge in [-0.15, -0.1) is 0 Å². The Morgan fingerprint density at radius 2 is 1.75 bits per heavy atom. The molecule has 20 heavy (non-hydrogen) atoms. The van der Waals surface area contributed by atoms with Crippen LogP contribution in [0.5, 0.6) is 0 Å². The third-order valence-electron chi connectivity index (χ3n) is 4.76. The van der Waals surface area contributed by atoms with Crippen molar-refractivity contribution in [3.63, 3.8) is 0 Å². The maximum atomic E-state index is 6.29. The molecule has 0 spiro atoms. The molecule has 3 nitrogen and oxygen atoms in total. The third kappa shape index (κ3) is 5.01. The Kier molecular flexibility index (Phi) is 6.49. The molecule has 1 rings (SSSR count). The molecule has 0 amide bonds. The standard InChI is InChI=1S/C17H37N3/c1-15(2)12-20(11-10-19(5)6)17(14-18)9-7-8-16(3,4)13-17/h15H,7-14,18H2,1-6H3. The quantitative estimate of drug-likeness (QED) is 0.780. The van der Waals surface area contributed by atoms with Crippen LogP contribution in [0.4, 0.5) is 0 Å². The van der Waals surface area contributed by atoms with Crippen LogP contribution in [0.3, 0.4) is 0 Å². The molecule has 0 bridgehead atoms. The summed E-state index contributed by atoms with van der Waals surface area (Å²) in [5, 5.41) is 0. The van der Waals surface area contributed by atoms with E-state index >= 15 is 0 Å². The van der Waals surface area contributed by atoms with Gasteiger partial charge in [0.2, 0.25) is 0 Å². The molecule has 3 heteroatoms. The molecular weight excluding hydrogens is 246 g/mol. The smallest absolute Gasteiger partial charge is 0.0337 e. The highest BCUT2D eigenvalue weighted by Gasteiger charge is 2.43. The number of likely N-dealkylation sites (N-methyl/N-ethyl adjacent to an activating group) is 1. The lowest BCUT2D eigenvalue weighted by molar-refractivity contribution is -0.000419. The Balaban J connectivity index is 2.87. The molecule has 1 unspecified atom stereocenters. The second-order valence-corrected chi connectivity index (χ2v) is 8.27. The largest absolute Gasteiger partial charge is 0.329 e. The van der Waals surface area contributed by atoms with Gasteiger partial charge in [-0.3, -0.25) is 4.90 Å². The number of nitrogens with two attached hydrogens (primary N) is 1. The summed E-state index contributed by atoms with van der Waals surface area (Å²) in [6, 6.07) is 0. The minimum absolute atomic E-state index is 0.224. The van der Waals surface area contributed by atoms with Crippen LogP contribution in [-0.2, 0) is 0 Å². The van der Waals surface area contributed by atoms with Gasteiger partial charge in [-0.2, -0.15) is 0 Å². The highest BCUT2D eigenvalue weighted by atomic mass is 15.2. The molecular formula is C17H37N3. The maximum absolute atomic E-state index is 6.29. The lowest BCUT2D eigenvalue weighted by Crippen LogP contribution is -2.59. The van der Waals surface area contributed by atoms with Gasteiger partial charge in [-0.25, -0.2) is 0 Å². The molecule has 0 heterocycles. The van der Waals surface area contributed by atoms with Crippen molar-refractivity contribution in [1.29, 1.82) is 0 Å². The molecule has 0 aliphatic heterocycles. The predicted molar refractivity (Wildman–Crippen MR) is 89.0 cm³/mol. The summed E-state index contributed by atoms with van der Waals surface area (Å²) >= 11 is 0. The molecule has 0 saturated heterocycles. The second-order valence-electron chi connectivity index (χ2n) is 8.27. The summed E-state index contributed by atoms with van der Waals surface area (Å²) in [6.07, 6.45) is 5.18. The number of hydrogen-bond acceptors (Lipinski definition) is 3. The topological polar surface area (TPSA) is 32.5 Å². The Hall–Kier alpha value is -0.120. The fourth-order valence-corrected chi connectivity index (χ4v) is 3.82. The highest BCUT2D eigenvalue weighted by molar-refractivity contribution is 4.99. The van der Waals surface area contributed by atoms with Crippen molar-refractivity contribution in [1.82, 2.24) is 9.80 Å². The first-order valence-electron chi connectivity index (χ1n) is 8.31. The van der Waals surface area contributed by atoms with E-state index in [2.05, 4.69) is 51.6 Å². The van der Waals surface area contributed by atoms with Crippen LogP contribution < -0.4 is 5.73 Å². The molecule has 1 aliphatic carbocycles. The summed E-state index contributed by atoms with van der Waals surface area (Å²) in [6.45, 7) is 13.7. The minimum Gasteiger partial charge on any atom is -0.329 e. The lowest BCUT2D eigenvalue weighted by atomic mass is 9.67. The van der Waals surface area contributed by atoms with Crippen molar-refractivity contribution >= 4 is 0 Å². The van der Waals surface area contributed by atoms with Crippen molar-refractivity contribution in [2.75, 3.05) is 40.3 Å². The summed E-state index contributed by atoms with van der Waals surface area (Å²) in [5.41, 5.74) is 6.95. The van der Waals surface area contributed by atoms with E-state index in [-0.39, 0.29) is 5.54 Å². The summed E-state index contributed by atoms with van der Waals surface area (Å²) in [7, 11) is 4.32. The van der Waals surface area contributed by atoms with Crippen LogP contribution in [0.25, 0.3) is 0 Å². The fraction of sp³-hybridized carbons (Fsp3) is 1.00. The van der Waals surface area contributed by atoms with E-state index in [0.717, 1.165) is 19.6 Å². The highest BCUT2D eigenvalue weighted by Crippen LogP contribution is 2.43. The van der Waals surface area contributed by atoms with Gasteiger partial charge in [0.15, 0.2) is 0 Å². The molecule has 0 aromatic heterocycles. The molecule has 1 saturated carbocycles. The number of hydrogen-bond donors (Lipinski definition) is 1. The number of rotatable bonds is 7. The van der Waals surface area contributed by atoms with Gasteiger partial charge < -0.3 is 10.6 Å². The van der Waals surface area contributed by atoms with Crippen molar-refractivity contribution in [2.45, 2.75) is 58.9 Å². The molecule has 0 aromatic carbocycles. The van der Waals surface area contributed by atoms with Gasteiger partial charge in [0.05, 0.1) is 0 Å². The van der Waals surface area contributed by atoms with Crippen LogP contribution in [0.15, 0.2) is 0 Å². The van der Waals surface area contributed by atoms with E-state index in [1.807, 2.05) is 0 Å². The average Bonchev–Trinajstić information content (AvgIpc) is 2.32. The normalized spacial score (nSPS) is 26.7. The van der Waals surface area contributed by atoms with Crippen LogP contribution in [0, 0.1) is 11.3 Å². The van der Waals surface area contributed by atoms with E-state index < -0.39 is 0 Å². The monoisotopic (exact) mass is 283 g/mol. The molecule has 120 valence electrons. The van der Waals surface area contributed by atoms with Crippen LogP contribution in [-0.4, -0.2) is 55.6 Å². The van der Waals surface area contributed by atoms with Gasteiger partial charge in [0, 0.05) is 31.7 Å². The predicted octanol–water partition coefficient (Wildman–Crippen LogP) is 2.80. The lowest BCUT2D eigenvalue weighted by Gasteiger charge is -2.52. The molecule has 0 radical (unpaired) electrons. The van der Waals surface area contributed by atoms with Gasteiger partial charge >= 0.3 is 0 Å². The van der Waals surface area contributed by atoms with Crippen molar-refractivity contribution in [3.8, 4) is 0 Å². The van der Waals surface area contributed by atoms with Gasteiger partial charge in [0.1, 0.15) is 0 Å². The van der Waals surface area contributed by atoms with E-state index in [1.165, 1.54) is 32.2 Å². The first-order valence-corrected chi connectivity index (χ1v) is 8.31. The summed E-state index contributed by atoms with van der Waals surface area (Å²) in [4.78, 5) is 4.99. The van der Waals surface area contributed by atoms with Crippen molar-refractivity contribution < 1.29 is 0 Å². The summed E-state index contributed by atoms with van der Waals surface area (Å²) in [5.74, 6) is 0.700. The van der Waals surface area contributed by atoms with E-state index in [4.69, 9.17) is 5.73 Å². The van der Waals surface area contributed by atoms with Crippen molar-refractivity contribution in [3.05, 3.63) is 0 Å². The Bertz CT molecular complexity index is 286. The average molecular weight is 284 g/mol. The zero-order valence-electron chi connectivity index (χ0n) is 14.7. The minimum atomic E-state index is 0.224. The second kappa shape index (κ2) is 7.24. The Morgan fingerprint density at radius 3 is 2.20 bits per heavy atom. The maximum Gasteiger partial charge on any atom is 0.0337 e. The molecule has 1 fully saturated rings. The molecule has 1 atom stereocenters. The van der Waals surface area contributed by atoms with E-state index in [1.54, 1.807) is 0 Å². The third-order valence-corrected chi connectivity index (χ3v) is 4.76. The first kappa shape index (κ1) is 17.9. The van der Waals surface area contributed by atoms with Gasteiger partial charge in [-0.05, 0) is 44.7 Å². The molecule has 1 aliphatic rings. The summed E-state index contributed by atoms with van der Waals surface area (Å²) < 4.78 is 0. The SMILES string of the molecule is CC(C)CN(CCN(C)C)C1(CN)CCCC(C)(C)C1. The molecule has 0 aromatic rings. The first-order chi connectivity index (χ1) is 9.21. The van der Waals surface area contributed by atoms with Gasteiger partial charge in [-0.1, -0.05) is 34.1 Å². The van der Waals surface area contributed by atoms with Crippen LogP contribution in [0.2, 0.25) is 0 Å². The fourth-order valence-electron chi connectivity index (χ4n) is 3.82. The van der Waals surface area contributed by atoms with E-state index in [0.29, 0.717) is 11.3 Å².